The molecule has 1 aromatic carbocycles. The average Bonchev–Trinajstić information content (AvgIpc) is 2.51. The number of nitrogens with one attached hydrogen (secondary N) is 1. The fourth-order valence-corrected chi connectivity index (χ4v) is 2.03. The number of alkyl halides is 3. The Balaban J connectivity index is 2.46. The van der Waals surface area contributed by atoms with Gasteiger partial charge in [0.05, 0.1) is 29.7 Å². The van der Waals surface area contributed by atoms with E-state index in [1.165, 1.54) is 18.3 Å². The SMILES string of the molecule is C[C@@H](CO)Nc1cnn(-c2cccc(C(F)(F)F)c2)c(=O)c1Cl. The van der Waals surface area contributed by atoms with Crippen LogP contribution in [0.15, 0.2) is 35.3 Å². The van der Waals surface area contributed by atoms with E-state index in [1.54, 1.807) is 6.92 Å². The predicted octanol–water partition coefficient (Wildman–Crippen LogP) is 2.70. The maximum Gasteiger partial charge on any atom is 0.416 e. The summed E-state index contributed by atoms with van der Waals surface area (Å²) < 4.78 is 39.0. The summed E-state index contributed by atoms with van der Waals surface area (Å²) in [5.41, 5.74) is -1.51. The van der Waals surface area contributed by atoms with Gasteiger partial charge in [0.2, 0.25) is 0 Å². The molecule has 5 nitrogen and oxygen atoms in total. The second-order valence-corrected chi connectivity index (χ2v) is 5.24. The Kier molecular flexibility index (Phi) is 4.96. The zero-order valence-electron chi connectivity index (χ0n) is 11.9. The second kappa shape index (κ2) is 6.59. The van der Waals surface area contributed by atoms with E-state index >= 15 is 0 Å². The topological polar surface area (TPSA) is 67.2 Å². The molecular weight excluding hydrogens is 335 g/mol. The number of aliphatic hydroxyl groups excluding tert-OH is 1. The zero-order chi connectivity index (χ0) is 17.2. The van der Waals surface area contributed by atoms with Crippen LogP contribution >= 0.6 is 11.6 Å². The summed E-state index contributed by atoms with van der Waals surface area (Å²) in [6, 6.07) is 3.85. The van der Waals surface area contributed by atoms with Gasteiger partial charge in [-0.05, 0) is 25.1 Å². The molecule has 1 atom stereocenters. The fourth-order valence-electron chi connectivity index (χ4n) is 1.84. The second-order valence-electron chi connectivity index (χ2n) is 4.87. The summed E-state index contributed by atoms with van der Waals surface area (Å²) in [5.74, 6) is 0. The number of hydrogen-bond acceptors (Lipinski definition) is 4. The van der Waals surface area contributed by atoms with Gasteiger partial charge in [0.15, 0.2) is 0 Å². The molecule has 0 aliphatic rings. The van der Waals surface area contributed by atoms with E-state index in [0.717, 1.165) is 16.8 Å². The van der Waals surface area contributed by atoms with Crippen molar-refractivity contribution in [1.82, 2.24) is 9.78 Å². The Labute approximate surface area is 134 Å². The van der Waals surface area contributed by atoms with Crippen LogP contribution < -0.4 is 10.9 Å². The minimum Gasteiger partial charge on any atom is -0.394 e. The van der Waals surface area contributed by atoms with E-state index in [0.29, 0.717) is 0 Å². The molecule has 124 valence electrons. The third-order valence-corrected chi connectivity index (χ3v) is 3.38. The Hall–Kier alpha value is -2.06. The maximum atomic E-state index is 12.7. The lowest BCUT2D eigenvalue weighted by Crippen LogP contribution is -2.26. The summed E-state index contributed by atoms with van der Waals surface area (Å²) in [6.45, 7) is 1.47. The van der Waals surface area contributed by atoms with Crippen molar-refractivity contribution in [2.75, 3.05) is 11.9 Å². The minimum absolute atomic E-state index is 0.0477. The predicted molar refractivity (Wildman–Crippen MR) is 80.0 cm³/mol. The molecule has 0 unspecified atom stereocenters. The highest BCUT2D eigenvalue weighted by molar-refractivity contribution is 6.32. The summed E-state index contributed by atoms with van der Waals surface area (Å²) >= 11 is 5.94. The Morgan fingerprint density at radius 3 is 2.74 bits per heavy atom. The van der Waals surface area contributed by atoms with E-state index in [1.807, 2.05) is 0 Å². The van der Waals surface area contributed by atoms with Gasteiger partial charge in [-0.25, -0.2) is 0 Å². The average molecular weight is 348 g/mol. The number of aromatic nitrogens is 2. The molecule has 2 N–H and O–H groups in total. The molecule has 0 saturated heterocycles. The number of nitrogens with zero attached hydrogens (tertiary/aromatic N) is 2. The maximum absolute atomic E-state index is 12.7. The van der Waals surface area contributed by atoms with Crippen LogP contribution in [0.4, 0.5) is 18.9 Å². The van der Waals surface area contributed by atoms with Crippen LogP contribution in [0.25, 0.3) is 5.69 Å². The summed E-state index contributed by atoms with van der Waals surface area (Å²) in [4.78, 5) is 12.2. The number of hydrogen-bond donors (Lipinski definition) is 2. The molecule has 9 heteroatoms. The molecule has 2 aromatic rings. The van der Waals surface area contributed by atoms with Crippen LogP contribution in [0.2, 0.25) is 5.02 Å². The Morgan fingerprint density at radius 2 is 2.13 bits per heavy atom. The van der Waals surface area contributed by atoms with Crippen molar-refractivity contribution in [3.05, 3.63) is 51.4 Å². The van der Waals surface area contributed by atoms with Crippen molar-refractivity contribution < 1.29 is 18.3 Å². The van der Waals surface area contributed by atoms with Crippen molar-refractivity contribution >= 4 is 17.3 Å². The van der Waals surface area contributed by atoms with Crippen molar-refractivity contribution in [2.24, 2.45) is 0 Å². The molecule has 23 heavy (non-hydrogen) atoms. The third kappa shape index (κ3) is 3.83. The van der Waals surface area contributed by atoms with Gasteiger partial charge in [-0.15, -0.1) is 0 Å². The molecule has 0 saturated carbocycles. The lowest BCUT2D eigenvalue weighted by Gasteiger charge is -2.14. The molecular formula is C14H13ClF3N3O2. The minimum atomic E-state index is -4.53. The standard InChI is InChI=1S/C14H13ClF3N3O2/c1-8(7-22)20-11-6-19-21(13(23)12(11)15)10-4-2-3-9(5-10)14(16,17)18/h2-6,8,20,22H,7H2,1H3/t8-/m0/s1. The van der Waals surface area contributed by atoms with Crippen molar-refractivity contribution in [3.63, 3.8) is 0 Å². The summed E-state index contributed by atoms with van der Waals surface area (Å²) in [7, 11) is 0. The van der Waals surface area contributed by atoms with Crippen LogP contribution in [-0.4, -0.2) is 27.5 Å². The van der Waals surface area contributed by atoms with E-state index in [-0.39, 0.29) is 29.0 Å². The molecule has 0 aliphatic heterocycles. The lowest BCUT2D eigenvalue weighted by molar-refractivity contribution is -0.137. The van der Waals surface area contributed by atoms with Crippen molar-refractivity contribution in [2.45, 2.75) is 19.1 Å². The molecule has 0 bridgehead atoms. The summed E-state index contributed by atoms with van der Waals surface area (Å²) in [6.07, 6.45) is -3.31. The Morgan fingerprint density at radius 1 is 1.43 bits per heavy atom. The molecule has 0 aliphatic carbocycles. The van der Waals surface area contributed by atoms with Crippen LogP contribution in [0.5, 0.6) is 0 Å². The van der Waals surface area contributed by atoms with Crippen LogP contribution in [0, 0.1) is 0 Å². The van der Waals surface area contributed by atoms with Crippen LogP contribution in [0.3, 0.4) is 0 Å². The first kappa shape index (κ1) is 17.3. The van der Waals surface area contributed by atoms with Gasteiger partial charge in [0.25, 0.3) is 5.56 Å². The van der Waals surface area contributed by atoms with Gasteiger partial charge in [0, 0.05) is 6.04 Å². The number of benzene rings is 1. The largest absolute Gasteiger partial charge is 0.416 e. The number of anilines is 1. The number of aliphatic hydroxyl groups is 1. The molecule has 0 fully saturated rings. The van der Waals surface area contributed by atoms with Gasteiger partial charge < -0.3 is 10.4 Å². The van der Waals surface area contributed by atoms with Gasteiger partial charge in [-0.1, -0.05) is 17.7 Å². The molecule has 2 rings (SSSR count). The third-order valence-electron chi connectivity index (χ3n) is 3.01. The van der Waals surface area contributed by atoms with E-state index in [4.69, 9.17) is 16.7 Å². The normalized spacial score (nSPS) is 13.0. The van der Waals surface area contributed by atoms with Crippen LogP contribution in [-0.2, 0) is 6.18 Å². The van der Waals surface area contributed by atoms with E-state index in [2.05, 4.69) is 10.4 Å². The first-order chi connectivity index (χ1) is 10.7. The number of halogens is 4. The molecule has 0 amide bonds. The smallest absolute Gasteiger partial charge is 0.394 e. The van der Waals surface area contributed by atoms with E-state index < -0.39 is 17.3 Å². The van der Waals surface area contributed by atoms with E-state index in [9.17, 15) is 18.0 Å². The molecule has 1 heterocycles. The molecule has 0 spiro atoms. The quantitative estimate of drug-likeness (QED) is 0.892. The molecule has 1 aromatic heterocycles. The van der Waals surface area contributed by atoms with Gasteiger partial charge in [-0.3, -0.25) is 4.79 Å². The van der Waals surface area contributed by atoms with Crippen molar-refractivity contribution in [1.29, 1.82) is 0 Å². The first-order valence-corrected chi connectivity index (χ1v) is 6.94. The number of rotatable bonds is 4. The summed E-state index contributed by atoms with van der Waals surface area (Å²) in [5, 5.41) is 15.4. The Bertz CT molecular complexity index is 762. The zero-order valence-corrected chi connectivity index (χ0v) is 12.7. The lowest BCUT2D eigenvalue weighted by atomic mass is 10.2. The van der Waals surface area contributed by atoms with Crippen molar-refractivity contribution in [3.8, 4) is 5.69 Å². The van der Waals surface area contributed by atoms with Gasteiger partial charge in [0.1, 0.15) is 5.02 Å². The first-order valence-electron chi connectivity index (χ1n) is 6.57. The molecule has 0 radical (unpaired) electrons. The highest BCUT2D eigenvalue weighted by atomic mass is 35.5. The highest BCUT2D eigenvalue weighted by Gasteiger charge is 2.30. The van der Waals surface area contributed by atoms with Gasteiger partial charge >= 0.3 is 6.18 Å². The van der Waals surface area contributed by atoms with Gasteiger partial charge in [-0.2, -0.15) is 23.0 Å². The highest BCUT2D eigenvalue weighted by Crippen LogP contribution is 2.30. The monoisotopic (exact) mass is 347 g/mol. The fraction of sp³-hybridized carbons (Fsp3) is 0.286. The van der Waals surface area contributed by atoms with Crippen LogP contribution in [0.1, 0.15) is 12.5 Å².